The van der Waals surface area contributed by atoms with Crippen molar-refractivity contribution in [3.63, 3.8) is 0 Å². The summed E-state index contributed by atoms with van der Waals surface area (Å²) >= 11 is 0. The lowest BCUT2D eigenvalue weighted by Crippen LogP contribution is -1.88. The van der Waals surface area contributed by atoms with Gasteiger partial charge in [0.15, 0.2) is 0 Å². The number of aromatic nitrogens is 2. The van der Waals surface area contributed by atoms with Crippen molar-refractivity contribution < 1.29 is 5.11 Å². The quantitative estimate of drug-likeness (QED) is 0.703. The topological polar surface area (TPSA) is 48.9 Å². The second-order valence-corrected chi connectivity index (χ2v) is 3.95. The molecule has 2 N–H and O–H groups in total. The van der Waals surface area contributed by atoms with Crippen molar-refractivity contribution in [3.8, 4) is 11.3 Å². The molecule has 0 aliphatic rings. The maximum Gasteiger partial charge on any atom is 0.0936 e. The fourth-order valence-electron chi connectivity index (χ4n) is 2.03. The molecule has 0 unspecified atom stereocenters. The van der Waals surface area contributed by atoms with Gasteiger partial charge in [0, 0.05) is 5.56 Å². The first-order valence-corrected chi connectivity index (χ1v) is 5.51. The van der Waals surface area contributed by atoms with Crippen LogP contribution < -0.4 is 0 Å². The maximum atomic E-state index is 9.21. The van der Waals surface area contributed by atoms with E-state index in [9.17, 15) is 5.11 Å². The molecule has 0 bridgehead atoms. The van der Waals surface area contributed by atoms with Gasteiger partial charge in [0.1, 0.15) is 0 Å². The number of aliphatic hydroxyl groups is 1. The summed E-state index contributed by atoms with van der Waals surface area (Å²) in [5.41, 5.74) is 2.59. The predicted molar refractivity (Wildman–Crippen MR) is 67.5 cm³/mol. The molecule has 0 aliphatic heterocycles. The molecule has 0 spiro atoms. The maximum absolute atomic E-state index is 9.21. The Balaban J connectivity index is 2.18. The first-order chi connectivity index (χ1) is 8.38. The first-order valence-electron chi connectivity index (χ1n) is 5.51. The van der Waals surface area contributed by atoms with E-state index in [1.54, 1.807) is 6.33 Å². The smallest absolute Gasteiger partial charge is 0.0936 e. The summed E-state index contributed by atoms with van der Waals surface area (Å²) in [4.78, 5) is 7.19. The summed E-state index contributed by atoms with van der Waals surface area (Å²) in [6.07, 6.45) is 1.61. The number of aliphatic hydroxyl groups excluding tert-OH is 1. The number of hydrogen-bond donors (Lipinski definition) is 2. The lowest BCUT2D eigenvalue weighted by molar-refractivity contribution is 0.278. The van der Waals surface area contributed by atoms with Crippen molar-refractivity contribution in [1.82, 2.24) is 9.97 Å². The highest BCUT2D eigenvalue weighted by atomic mass is 16.3. The van der Waals surface area contributed by atoms with Gasteiger partial charge >= 0.3 is 0 Å². The number of aromatic amines is 1. The number of nitrogens with one attached hydrogen (secondary N) is 1. The molecule has 0 saturated heterocycles. The minimum Gasteiger partial charge on any atom is -0.390 e. The molecule has 0 amide bonds. The molecule has 1 aromatic heterocycles. The molecule has 3 aromatic rings. The Kier molecular flexibility index (Phi) is 2.38. The van der Waals surface area contributed by atoms with E-state index < -0.39 is 0 Å². The van der Waals surface area contributed by atoms with Gasteiger partial charge in [0.05, 0.1) is 24.3 Å². The highest BCUT2D eigenvalue weighted by Gasteiger charge is 2.07. The minimum atomic E-state index is -0.0256. The Bertz CT molecular complexity index is 658. The van der Waals surface area contributed by atoms with Crippen molar-refractivity contribution >= 4 is 10.8 Å². The van der Waals surface area contributed by atoms with Crippen molar-refractivity contribution in [2.24, 2.45) is 0 Å². The van der Waals surface area contributed by atoms with E-state index in [2.05, 4.69) is 34.2 Å². The molecule has 3 heteroatoms. The Morgan fingerprint density at radius 2 is 1.88 bits per heavy atom. The van der Waals surface area contributed by atoms with E-state index in [1.165, 1.54) is 10.8 Å². The zero-order chi connectivity index (χ0) is 11.7. The molecular formula is C14H12N2O. The first kappa shape index (κ1) is 10.1. The highest BCUT2D eigenvalue weighted by molar-refractivity contribution is 5.87. The molecule has 0 radical (unpaired) electrons. The zero-order valence-electron chi connectivity index (χ0n) is 9.22. The van der Waals surface area contributed by atoms with Crippen LogP contribution in [-0.4, -0.2) is 15.1 Å². The molecule has 0 aliphatic carbocycles. The molecule has 0 fully saturated rings. The van der Waals surface area contributed by atoms with Crippen LogP contribution in [-0.2, 0) is 6.61 Å². The van der Waals surface area contributed by atoms with Gasteiger partial charge in [0.2, 0.25) is 0 Å². The zero-order valence-corrected chi connectivity index (χ0v) is 9.22. The fraction of sp³-hybridized carbons (Fsp3) is 0.0714. The van der Waals surface area contributed by atoms with Crippen LogP contribution in [0.15, 0.2) is 48.8 Å². The Hall–Kier alpha value is -2.13. The van der Waals surface area contributed by atoms with Gasteiger partial charge in [-0.25, -0.2) is 4.98 Å². The Morgan fingerprint density at radius 1 is 1.06 bits per heavy atom. The van der Waals surface area contributed by atoms with E-state index in [0.29, 0.717) is 0 Å². The van der Waals surface area contributed by atoms with E-state index >= 15 is 0 Å². The van der Waals surface area contributed by atoms with Gasteiger partial charge in [-0.05, 0) is 16.8 Å². The molecule has 84 valence electrons. The van der Waals surface area contributed by atoms with Crippen LogP contribution in [0.3, 0.4) is 0 Å². The second-order valence-electron chi connectivity index (χ2n) is 3.95. The van der Waals surface area contributed by atoms with Crippen LogP contribution in [0.25, 0.3) is 22.0 Å². The van der Waals surface area contributed by atoms with Crippen molar-refractivity contribution in [1.29, 1.82) is 0 Å². The SMILES string of the molecule is OCc1[nH]cnc1-c1ccc2ccccc2c1. The standard InChI is InChI=1S/C14H12N2O/c17-8-13-14(16-9-15-13)12-6-5-10-3-1-2-4-11(10)7-12/h1-7,9,17H,8H2,(H,15,16). The third-order valence-electron chi connectivity index (χ3n) is 2.90. The largest absolute Gasteiger partial charge is 0.390 e. The lowest BCUT2D eigenvalue weighted by atomic mass is 10.0. The molecule has 0 atom stereocenters. The number of rotatable bonds is 2. The van der Waals surface area contributed by atoms with Crippen LogP contribution >= 0.6 is 0 Å². The summed E-state index contributed by atoms with van der Waals surface area (Å²) in [6, 6.07) is 14.4. The van der Waals surface area contributed by atoms with E-state index in [4.69, 9.17) is 0 Å². The summed E-state index contributed by atoms with van der Waals surface area (Å²) in [7, 11) is 0. The number of nitrogens with zero attached hydrogens (tertiary/aromatic N) is 1. The van der Waals surface area contributed by atoms with E-state index in [-0.39, 0.29) is 6.61 Å². The third kappa shape index (κ3) is 1.70. The number of imidazole rings is 1. The van der Waals surface area contributed by atoms with Crippen LogP contribution in [0.1, 0.15) is 5.69 Å². The van der Waals surface area contributed by atoms with Crippen molar-refractivity contribution in [2.75, 3.05) is 0 Å². The number of H-pyrrole nitrogens is 1. The summed E-state index contributed by atoms with van der Waals surface area (Å²) in [6.45, 7) is -0.0256. The summed E-state index contributed by atoms with van der Waals surface area (Å²) in [5, 5.41) is 11.6. The summed E-state index contributed by atoms with van der Waals surface area (Å²) in [5.74, 6) is 0. The van der Waals surface area contributed by atoms with E-state index in [1.807, 2.05) is 18.2 Å². The van der Waals surface area contributed by atoms with Gasteiger partial charge in [-0.2, -0.15) is 0 Å². The average molecular weight is 224 g/mol. The normalized spacial score (nSPS) is 10.9. The highest BCUT2D eigenvalue weighted by Crippen LogP contribution is 2.24. The lowest BCUT2D eigenvalue weighted by Gasteiger charge is -2.03. The van der Waals surface area contributed by atoms with Gasteiger partial charge in [-0.3, -0.25) is 0 Å². The van der Waals surface area contributed by atoms with Crippen molar-refractivity contribution in [3.05, 3.63) is 54.5 Å². The fourth-order valence-corrected chi connectivity index (χ4v) is 2.03. The molecule has 3 rings (SSSR count). The second kappa shape index (κ2) is 4.03. The van der Waals surface area contributed by atoms with Crippen LogP contribution in [0.5, 0.6) is 0 Å². The van der Waals surface area contributed by atoms with Crippen LogP contribution in [0.2, 0.25) is 0 Å². The minimum absolute atomic E-state index is 0.0256. The number of hydrogen-bond acceptors (Lipinski definition) is 2. The molecule has 17 heavy (non-hydrogen) atoms. The molecule has 3 nitrogen and oxygen atoms in total. The third-order valence-corrected chi connectivity index (χ3v) is 2.90. The average Bonchev–Trinajstić information content (AvgIpc) is 2.86. The van der Waals surface area contributed by atoms with Gasteiger partial charge < -0.3 is 10.1 Å². The van der Waals surface area contributed by atoms with Crippen molar-refractivity contribution in [2.45, 2.75) is 6.61 Å². The van der Waals surface area contributed by atoms with Crippen LogP contribution in [0, 0.1) is 0 Å². The molecule has 1 heterocycles. The number of benzene rings is 2. The van der Waals surface area contributed by atoms with Gasteiger partial charge in [-0.1, -0.05) is 36.4 Å². The molecule has 2 aromatic carbocycles. The van der Waals surface area contributed by atoms with E-state index in [0.717, 1.165) is 17.0 Å². The summed E-state index contributed by atoms with van der Waals surface area (Å²) < 4.78 is 0. The Labute approximate surface area is 98.8 Å². The predicted octanol–water partition coefficient (Wildman–Crippen LogP) is 2.72. The van der Waals surface area contributed by atoms with Gasteiger partial charge in [-0.15, -0.1) is 0 Å². The monoisotopic (exact) mass is 224 g/mol. The Morgan fingerprint density at radius 3 is 2.71 bits per heavy atom. The molecular weight excluding hydrogens is 212 g/mol. The molecule has 0 saturated carbocycles. The number of fused-ring (bicyclic) bond motifs is 1. The van der Waals surface area contributed by atoms with Crippen LogP contribution in [0.4, 0.5) is 0 Å². The van der Waals surface area contributed by atoms with Gasteiger partial charge in [0.25, 0.3) is 0 Å².